The molecule has 0 aliphatic carbocycles. The molecule has 1 heterocycles. The van der Waals surface area contributed by atoms with Crippen LogP contribution in [-0.2, 0) is 4.79 Å². The van der Waals surface area contributed by atoms with E-state index in [9.17, 15) is 9.35 Å². The summed E-state index contributed by atoms with van der Waals surface area (Å²) in [5.41, 5.74) is 4.39. The third-order valence-electron chi connectivity index (χ3n) is 5.93. The number of hydrogen-bond donors (Lipinski definition) is 4. The molecule has 228 valence electrons. The highest BCUT2D eigenvalue weighted by atomic mass is 32.2. The Morgan fingerprint density at radius 1 is 0.795 bits per heavy atom. The summed E-state index contributed by atoms with van der Waals surface area (Å²) >= 11 is 0. The summed E-state index contributed by atoms with van der Waals surface area (Å²) in [4.78, 5) is 31.6. The minimum absolute atomic E-state index is 0. The monoisotopic (exact) mass is 611 g/mol. The zero-order valence-electron chi connectivity index (χ0n) is 24.0. The molecule has 0 atom stereocenters. The molecule has 44 heavy (non-hydrogen) atoms. The summed E-state index contributed by atoms with van der Waals surface area (Å²) < 4.78 is 10.5. The number of nitrogens with zero attached hydrogens (tertiary/aromatic N) is 4. The maximum atomic E-state index is 12.1. The molecule has 0 radical (unpaired) electrons. The third kappa shape index (κ3) is 9.05. The summed E-state index contributed by atoms with van der Waals surface area (Å²) in [7, 11) is -2.40. The van der Waals surface area contributed by atoms with Gasteiger partial charge in [0, 0.05) is 16.3 Å². The molecule has 0 aliphatic heterocycles. The van der Waals surface area contributed by atoms with E-state index in [4.69, 9.17) is 4.79 Å². The predicted octanol–water partition coefficient (Wildman–Crippen LogP) is 8.59. The van der Waals surface area contributed by atoms with Crippen LogP contribution >= 0.6 is 9.49 Å². The van der Waals surface area contributed by atoms with Crippen molar-refractivity contribution in [3.05, 3.63) is 114 Å². The van der Waals surface area contributed by atoms with Gasteiger partial charge in [-0.2, -0.15) is 20.2 Å². The van der Waals surface area contributed by atoms with Crippen LogP contribution in [0.2, 0.25) is 0 Å². The number of benzene rings is 4. The minimum Gasteiger partial charge on any atom is -0.341 e. The van der Waals surface area contributed by atoms with Crippen molar-refractivity contribution in [1.29, 1.82) is 0 Å². The number of azo groups is 1. The Kier molecular flexibility index (Phi) is 12.4. The van der Waals surface area contributed by atoms with Crippen molar-refractivity contribution in [1.82, 2.24) is 15.0 Å². The highest BCUT2D eigenvalue weighted by Crippen LogP contribution is 2.37. The fourth-order valence-corrected chi connectivity index (χ4v) is 4.95. The minimum atomic E-state index is -2.40. The van der Waals surface area contributed by atoms with E-state index in [1.54, 1.807) is 24.3 Å². The Bertz CT molecular complexity index is 1900. The van der Waals surface area contributed by atoms with Gasteiger partial charge in [0.25, 0.3) is 0 Å². The maximum Gasteiger partial charge on any atom is 0.351 e. The topological polar surface area (TPSA) is 145 Å². The van der Waals surface area contributed by atoms with Crippen LogP contribution in [-0.4, -0.2) is 38.0 Å². The van der Waals surface area contributed by atoms with E-state index in [1.807, 2.05) is 75.2 Å². The first-order chi connectivity index (χ1) is 20.6. The quantitative estimate of drug-likeness (QED) is 0.0819. The van der Waals surface area contributed by atoms with E-state index >= 15 is 0 Å². The Morgan fingerprint density at radius 2 is 1.39 bits per heavy atom. The number of nitrogens with one attached hydrogen (secondary N) is 3. The van der Waals surface area contributed by atoms with Gasteiger partial charge in [0.2, 0.25) is 11.9 Å². The van der Waals surface area contributed by atoms with Crippen LogP contribution in [0.15, 0.2) is 112 Å². The Hall–Kier alpha value is -5.39. The molecule has 0 aliphatic rings. The number of aryl methyl sites for hydroxylation is 2. The second kappa shape index (κ2) is 15.7. The molecule has 5 aromatic rings. The Labute approximate surface area is 258 Å². The molecular formula is C33H37N7O3S. The van der Waals surface area contributed by atoms with Crippen LogP contribution in [0.5, 0.6) is 0 Å². The zero-order chi connectivity index (χ0) is 31.6. The second-order valence-electron chi connectivity index (χ2n) is 9.15. The number of H-pyrrole nitrogens is 1. The fourth-order valence-electron chi connectivity index (χ4n) is 4.04. The maximum absolute atomic E-state index is 12.1. The molecular weight excluding hydrogens is 574 g/mol. The molecule has 0 saturated heterocycles. The predicted molar refractivity (Wildman–Crippen MR) is 188 cm³/mol. The van der Waals surface area contributed by atoms with Crippen LogP contribution in [0.3, 0.4) is 0 Å². The molecule has 0 unspecified atom stereocenters. The Morgan fingerprint density at radius 3 is 2.02 bits per heavy atom. The van der Waals surface area contributed by atoms with Gasteiger partial charge in [0.1, 0.15) is 6.79 Å². The summed E-state index contributed by atoms with van der Waals surface area (Å²) in [5.74, 6) is 8.13. The number of hydrogen-bond acceptors (Lipinski definition) is 9. The van der Waals surface area contributed by atoms with Crippen molar-refractivity contribution >= 4 is 73.4 Å². The smallest absolute Gasteiger partial charge is 0.341 e. The van der Waals surface area contributed by atoms with Gasteiger partial charge in [-0.1, -0.05) is 58.5 Å². The molecule has 0 bridgehead atoms. The van der Waals surface area contributed by atoms with Crippen molar-refractivity contribution in [2.24, 2.45) is 10.2 Å². The molecule has 5 rings (SSSR count). The highest BCUT2D eigenvalue weighted by molar-refractivity contribution is 8.23. The number of aromatic amines is 1. The van der Waals surface area contributed by atoms with Crippen LogP contribution in [0.4, 0.5) is 34.6 Å². The standard InChI is InChI=1S/C29H27N7O2S.C2H4.CH2O.CH4/c1-18-8-10-20(11-9-18)30-27-32-28(34-29(37)33-27)31-21-12-14-22(15-13-21)35-36-23-16-19(2)24-6-5-7-26(25(24)17-23)39(3,4)38;2*1-2;/h5-17,38H,3-4H2,1-2H3,(H3,30,31,32,33,34,37);1-2H2;1H2;1H4. The molecule has 0 fully saturated rings. The van der Waals surface area contributed by atoms with Crippen molar-refractivity contribution in [2.45, 2.75) is 26.2 Å². The van der Waals surface area contributed by atoms with Crippen LogP contribution < -0.4 is 16.3 Å². The van der Waals surface area contributed by atoms with Gasteiger partial charge in [0.15, 0.2) is 0 Å². The highest BCUT2D eigenvalue weighted by Gasteiger charge is 2.09. The molecule has 4 N–H and O–H groups in total. The number of aromatic nitrogens is 3. The average Bonchev–Trinajstić information content (AvgIpc) is 2.99. The van der Waals surface area contributed by atoms with Gasteiger partial charge in [0.05, 0.1) is 11.4 Å². The number of anilines is 4. The largest absolute Gasteiger partial charge is 0.351 e. The van der Waals surface area contributed by atoms with Crippen molar-refractivity contribution < 1.29 is 9.35 Å². The van der Waals surface area contributed by atoms with Gasteiger partial charge in [-0.05, 0) is 84.8 Å². The number of carbonyl (C=O) groups excluding carboxylic acids is 1. The summed E-state index contributed by atoms with van der Waals surface area (Å²) in [6.07, 6.45) is 0. The third-order valence-corrected chi connectivity index (χ3v) is 7.10. The van der Waals surface area contributed by atoms with E-state index in [-0.39, 0.29) is 19.3 Å². The summed E-state index contributed by atoms with van der Waals surface area (Å²) in [5, 5.41) is 16.8. The zero-order valence-corrected chi connectivity index (χ0v) is 24.8. The van der Waals surface area contributed by atoms with Crippen molar-refractivity contribution in [2.75, 3.05) is 10.6 Å². The second-order valence-corrected chi connectivity index (χ2v) is 11.3. The lowest BCUT2D eigenvalue weighted by Gasteiger charge is -2.13. The molecule has 0 spiro atoms. The Balaban J connectivity index is 0.00000130. The van der Waals surface area contributed by atoms with Crippen molar-refractivity contribution in [3.63, 3.8) is 0 Å². The lowest BCUT2D eigenvalue weighted by Crippen LogP contribution is -2.16. The number of carbonyl (C=O) groups is 1. The lowest BCUT2D eigenvalue weighted by atomic mass is 10.0. The van der Waals surface area contributed by atoms with Gasteiger partial charge >= 0.3 is 5.69 Å². The number of fused-ring (bicyclic) bond motifs is 1. The summed E-state index contributed by atoms with van der Waals surface area (Å²) in [6, 6.07) is 24.5. The molecule has 11 heteroatoms. The van der Waals surface area contributed by atoms with Crippen LogP contribution in [0.1, 0.15) is 18.6 Å². The van der Waals surface area contributed by atoms with E-state index in [0.717, 1.165) is 27.6 Å². The van der Waals surface area contributed by atoms with Crippen LogP contribution in [0.25, 0.3) is 10.8 Å². The van der Waals surface area contributed by atoms with Gasteiger partial charge in [-0.3, -0.25) is 4.98 Å². The van der Waals surface area contributed by atoms with Crippen LogP contribution in [0, 0.1) is 13.8 Å². The van der Waals surface area contributed by atoms with E-state index in [1.165, 1.54) is 0 Å². The first kappa shape index (κ1) is 34.8. The van der Waals surface area contributed by atoms with Gasteiger partial charge in [-0.15, -0.1) is 13.2 Å². The fraction of sp³-hybridized carbons (Fsp3) is 0.0909. The SMILES string of the molecule is C.C=C.C=O.C=S(=C)(O)c1cccc2c(C)cc(N=Nc3ccc(Nc4nc(Nc5ccc(C)cc5)nc(=O)[nH]4)cc3)cc12. The number of rotatable bonds is 7. The van der Waals surface area contributed by atoms with E-state index in [2.05, 4.69) is 60.7 Å². The first-order valence-corrected chi connectivity index (χ1v) is 14.7. The van der Waals surface area contributed by atoms with E-state index in [0.29, 0.717) is 22.0 Å². The first-order valence-electron chi connectivity index (χ1n) is 12.8. The molecule has 10 nitrogen and oxygen atoms in total. The molecule has 0 amide bonds. The lowest BCUT2D eigenvalue weighted by molar-refractivity contribution is -0.0980. The molecule has 1 aromatic heterocycles. The molecule has 0 saturated carbocycles. The van der Waals surface area contributed by atoms with E-state index < -0.39 is 15.2 Å². The van der Waals surface area contributed by atoms with Crippen molar-refractivity contribution in [3.8, 4) is 0 Å². The van der Waals surface area contributed by atoms with Gasteiger partial charge < -0.3 is 20.0 Å². The molecule has 4 aromatic carbocycles. The average molecular weight is 612 g/mol. The summed E-state index contributed by atoms with van der Waals surface area (Å²) in [6.45, 7) is 12.0. The normalized spacial score (nSPS) is 10.5. The van der Waals surface area contributed by atoms with Gasteiger partial charge in [-0.25, -0.2) is 4.79 Å².